The van der Waals surface area contributed by atoms with E-state index < -0.39 is 0 Å². The molecule has 0 spiro atoms. The highest BCUT2D eigenvalue weighted by molar-refractivity contribution is 5.94. The van der Waals surface area contributed by atoms with E-state index in [1.807, 2.05) is 24.3 Å². The van der Waals surface area contributed by atoms with Crippen molar-refractivity contribution in [3.05, 3.63) is 35.4 Å². The molecule has 2 saturated heterocycles. The molecule has 1 aromatic rings. The number of nitrogens with two attached hydrogens (primary N) is 1. The molecule has 2 heterocycles. The molecule has 1 aliphatic carbocycles. The maximum atomic E-state index is 12.8. The fourth-order valence-corrected chi connectivity index (χ4v) is 4.45. The molecule has 0 aromatic heterocycles. The summed E-state index contributed by atoms with van der Waals surface area (Å²) in [7, 11) is 0. The van der Waals surface area contributed by atoms with Gasteiger partial charge in [-0.15, -0.1) is 12.4 Å². The zero-order chi connectivity index (χ0) is 15.8. The van der Waals surface area contributed by atoms with Gasteiger partial charge in [0.25, 0.3) is 5.91 Å². The number of carbonyl (C=O) groups excluding carboxylic acids is 1. The monoisotopic (exact) mass is 349 g/mol. The fraction of sp³-hybridized carbons (Fsp3) is 0.632. The number of rotatable bonds is 3. The lowest BCUT2D eigenvalue weighted by atomic mass is 9.83. The van der Waals surface area contributed by atoms with E-state index in [4.69, 9.17) is 5.73 Å². The molecule has 2 aliphatic heterocycles. The number of hydrogen-bond donors (Lipinski definition) is 1. The Labute approximate surface area is 150 Å². The van der Waals surface area contributed by atoms with E-state index in [0.29, 0.717) is 12.5 Å². The molecular weight excluding hydrogens is 322 g/mol. The fourth-order valence-electron chi connectivity index (χ4n) is 4.45. The van der Waals surface area contributed by atoms with Gasteiger partial charge in [0.1, 0.15) is 0 Å². The van der Waals surface area contributed by atoms with Crippen LogP contribution in [-0.2, 0) is 6.54 Å². The van der Waals surface area contributed by atoms with Crippen molar-refractivity contribution in [1.29, 1.82) is 0 Å². The first-order chi connectivity index (χ1) is 11.3. The number of halogens is 1. The summed E-state index contributed by atoms with van der Waals surface area (Å²) in [6.07, 6.45) is 6.50. The number of amides is 1. The lowest BCUT2D eigenvalue weighted by Crippen LogP contribution is -2.55. The summed E-state index contributed by atoms with van der Waals surface area (Å²) in [4.78, 5) is 17.6. The molecule has 1 saturated carbocycles. The van der Waals surface area contributed by atoms with Crippen molar-refractivity contribution in [3.63, 3.8) is 0 Å². The number of fused-ring (bicyclic) bond motifs is 1. The van der Waals surface area contributed by atoms with Crippen LogP contribution in [-0.4, -0.2) is 47.4 Å². The van der Waals surface area contributed by atoms with Crippen LogP contribution in [0, 0.1) is 5.92 Å². The van der Waals surface area contributed by atoms with Crippen molar-refractivity contribution in [1.82, 2.24) is 9.80 Å². The van der Waals surface area contributed by atoms with Crippen molar-refractivity contribution < 1.29 is 4.79 Å². The maximum Gasteiger partial charge on any atom is 0.253 e. The number of carbonyl (C=O) groups is 1. The predicted octanol–water partition coefficient (Wildman–Crippen LogP) is 2.66. The van der Waals surface area contributed by atoms with Gasteiger partial charge in [-0.2, -0.15) is 0 Å². The third-order valence-corrected chi connectivity index (χ3v) is 5.85. The van der Waals surface area contributed by atoms with Gasteiger partial charge in [0.2, 0.25) is 0 Å². The first kappa shape index (κ1) is 17.7. The Kier molecular flexibility index (Phi) is 5.48. The Bertz CT molecular complexity index is 572. The second-order valence-corrected chi connectivity index (χ2v) is 7.38. The average molecular weight is 350 g/mol. The van der Waals surface area contributed by atoms with Crippen LogP contribution in [0.3, 0.4) is 0 Å². The number of piperidine rings is 2. The SMILES string of the molecule is Cl.NCc1ccc(C(=O)N2CCC3C(CCCN3C3CC3)C2)cc1. The van der Waals surface area contributed by atoms with Gasteiger partial charge in [-0.1, -0.05) is 12.1 Å². The first-order valence-electron chi connectivity index (χ1n) is 9.10. The van der Waals surface area contributed by atoms with E-state index in [0.717, 1.165) is 42.7 Å². The molecular formula is C19H28ClN3O. The molecule has 24 heavy (non-hydrogen) atoms. The Hall–Kier alpha value is -1.10. The van der Waals surface area contributed by atoms with Gasteiger partial charge in [0.05, 0.1) is 0 Å². The van der Waals surface area contributed by atoms with E-state index >= 15 is 0 Å². The minimum absolute atomic E-state index is 0. The third kappa shape index (κ3) is 3.46. The van der Waals surface area contributed by atoms with Crippen LogP contribution in [0.15, 0.2) is 24.3 Å². The summed E-state index contributed by atoms with van der Waals surface area (Å²) in [5, 5.41) is 0. The molecule has 0 bridgehead atoms. The average Bonchev–Trinajstić information content (AvgIpc) is 3.45. The van der Waals surface area contributed by atoms with Gasteiger partial charge >= 0.3 is 0 Å². The molecule has 4 rings (SSSR count). The normalized spacial score (nSPS) is 27.3. The zero-order valence-corrected chi connectivity index (χ0v) is 15.0. The number of benzene rings is 1. The molecule has 132 valence electrons. The quantitative estimate of drug-likeness (QED) is 0.912. The van der Waals surface area contributed by atoms with Crippen LogP contribution < -0.4 is 5.73 Å². The smallest absolute Gasteiger partial charge is 0.253 e. The Balaban J connectivity index is 0.00000169. The number of hydrogen-bond acceptors (Lipinski definition) is 3. The molecule has 1 amide bonds. The molecule has 5 heteroatoms. The molecule has 3 fully saturated rings. The summed E-state index contributed by atoms with van der Waals surface area (Å²) in [6.45, 7) is 3.65. The summed E-state index contributed by atoms with van der Waals surface area (Å²) in [6, 6.07) is 9.36. The van der Waals surface area contributed by atoms with Gasteiger partial charge in [-0.25, -0.2) is 0 Å². The maximum absolute atomic E-state index is 12.8. The molecule has 0 radical (unpaired) electrons. The molecule has 3 aliphatic rings. The van der Waals surface area contributed by atoms with Gasteiger partial charge in [-0.05, 0) is 62.3 Å². The second kappa shape index (κ2) is 7.42. The van der Waals surface area contributed by atoms with Crippen molar-refractivity contribution in [2.75, 3.05) is 19.6 Å². The largest absolute Gasteiger partial charge is 0.338 e. The van der Waals surface area contributed by atoms with E-state index in [1.165, 1.54) is 32.2 Å². The molecule has 2 N–H and O–H groups in total. The van der Waals surface area contributed by atoms with Crippen LogP contribution in [0.25, 0.3) is 0 Å². The minimum atomic E-state index is 0. The minimum Gasteiger partial charge on any atom is -0.338 e. The highest BCUT2D eigenvalue weighted by atomic mass is 35.5. The van der Waals surface area contributed by atoms with Crippen LogP contribution in [0.4, 0.5) is 0 Å². The summed E-state index contributed by atoms with van der Waals surface area (Å²) in [5.41, 5.74) is 7.51. The van der Waals surface area contributed by atoms with Gasteiger partial charge in [0, 0.05) is 37.3 Å². The Morgan fingerprint density at radius 1 is 1.08 bits per heavy atom. The van der Waals surface area contributed by atoms with Crippen LogP contribution in [0.5, 0.6) is 0 Å². The van der Waals surface area contributed by atoms with E-state index in [2.05, 4.69) is 9.80 Å². The van der Waals surface area contributed by atoms with Crippen molar-refractivity contribution >= 4 is 18.3 Å². The molecule has 4 nitrogen and oxygen atoms in total. The van der Waals surface area contributed by atoms with Gasteiger partial charge in [0.15, 0.2) is 0 Å². The first-order valence-corrected chi connectivity index (χ1v) is 9.10. The van der Waals surface area contributed by atoms with Crippen molar-refractivity contribution in [2.24, 2.45) is 11.7 Å². The highest BCUT2D eigenvalue weighted by Gasteiger charge is 2.42. The number of nitrogens with zero attached hydrogens (tertiary/aromatic N) is 2. The van der Waals surface area contributed by atoms with Crippen LogP contribution >= 0.6 is 12.4 Å². The molecule has 2 atom stereocenters. The zero-order valence-electron chi connectivity index (χ0n) is 14.2. The third-order valence-electron chi connectivity index (χ3n) is 5.85. The lowest BCUT2D eigenvalue weighted by molar-refractivity contribution is 0.0174. The van der Waals surface area contributed by atoms with Gasteiger partial charge in [-0.3, -0.25) is 9.69 Å². The summed E-state index contributed by atoms with van der Waals surface area (Å²) in [5.74, 6) is 0.862. The lowest BCUT2D eigenvalue weighted by Gasteiger charge is -2.47. The predicted molar refractivity (Wildman–Crippen MR) is 98.3 cm³/mol. The van der Waals surface area contributed by atoms with Crippen LogP contribution in [0.2, 0.25) is 0 Å². The van der Waals surface area contributed by atoms with Gasteiger partial charge < -0.3 is 10.6 Å². The van der Waals surface area contributed by atoms with E-state index in [9.17, 15) is 4.79 Å². The van der Waals surface area contributed by atoms with Crippen molar-refractivity contribution in [2.45, 2.75) is 50.7 Å². The topological polar surface area (TPSA) is 49.6 Å². The van der Waals surface area contributed by atoms with Crippen LogP contribution in [0.1, 0.15) is 48.0 Å². The summed E-state index contributed by atoms with van der Waals surface area (Å²) >= 11 is 0. The number of likely N-dealkylation sites (tertiary alicyclic amines) is 2. The molecule has 1 aromatic carbocycles. The van der Waals surface area contributed by atoms with E-state index in [1.54, 1.807) is 0 Å². The Morgan fingerprint density at radius 2 is 1.83 bits per heavy atom. The Morgan fingerprint density at radius 3 is 2.50 bits per heavy atom. The summed E-state index contributed by atoms with van der Waals surface area (Å²) < 4.78 is 0. The second-order valence-electron chi connectivity index (χ2n) is 7.38. The highest BCUT2D eigenvalue weighted by Crippen LogP contribution is 2.38. The molecule has 2 unspecified atom stereocenters. The van der Waals surface area contributed by atoms with Crippen molar-refractivity contribution in [3.8, 4) is 0 Å². The standard InChI is InChI=1S/C19H27N3O.ClH/c20-12-14-3-5-15(6-4-14)19(23)21-11-9-18-16(13-21)2-1-10-22(18)17-7-8-17;/h3-6,16-18H,1-2,7-13,20H2;1H. The van der Waals surface area contributed by atoms with E-state index in [-0.39, 0.29) is 18.3 Å².